The molecule has 1 unspecified atom stereocenters. The van der Waals surface area contributed by atoms with Gasteiger partial charge in [0.25, 0.3) is 0 Å². The van der Waals surface area contributed by atoms with E-state index in [0.717, 1.165) is 32.5 Å². The monoisotopic (exact) mass is 258 g/mol. The number of aliphatic hydroxyl groups excluding tert-OH is 1. The lowest BCUT2D eigenvalue weighted by Crippen LogP contribution is -2.46. The van der Waals surface area contributed by atoms with Crippen molar-refractivity contribution in [1.82, 2.24) is 10.2 Å². The zero-order valence-corrected chi connectivity index (χ0v) is 11.9. The van der Waals surface area contributed by atoms with Crippen molar-refractivity contribution in [3.8, 4) is 0 Å². The molecule has 0 radical (unpaired) electrons. The minimum atomic E-state index is 0.335. The number of likely N-dealkylation sites (tertiary alicyclic amines) is 1. The van der Waals surface area contributed by atoms with Gasteiger partial charge in [-0.2, -0.15) is 0 Å². The molecule has 1 aliphatic heterocycles. The molecule has 4 nitrogen and oxygen atoms in total. The van der Waals surface area contributed by atoms with Gasteiger partial charge in [0.05, 0.1) is 6.61 Å². The molecule has 0 amide bonds. The topological polar surface area (TPSA) is 44.7 Å². The first-order chi connectivity index (χ1) is 8.88. The summed E-state index contributed by atoms with van der Waals surface area (Å²) in [6.45, 7) is 5.60. The molecule has 0 aromatic heterocycles. The largest absolute Gasteiger partial charge is 0.396 e. The van der Waals surface area contributed by atoms with E-state index in [9.17, 15) is 0 Å². The standard InChI is InChI=1S/C14H30N2O2/c1-18-12-8-15-13-14-7-3-5-10-16(14)9-4-2-6-11-17/h14-15,17H,2-13H2,1H3. The van der Waals surface area contributed by atoms with Crippen LogP contribution in [0.25, 0.3) is 0 Å². The summed E-state index contributed by atoms with van der Waals surface area (Å²) in [5, 5.41) is 12.3. The zero-order chi connectivity index (χ0) is 13.1. The molecule has 2 N–H and O–H groups in total. The van der Waals surface area contributed by atoms with Gasteiger partial charge in [-0.3, -0.25) is 4.90 Å². The highest BCUT2D eigenvalue weighted by Crippen LogP contribution is 2.17. The van der Waals surface area contributed by atoms with Crippen molar-refractivity contribution in [2.45, 2.75) is 44.6 Å². The second kappa shape index (κ2) is 10.7. The predicted molar refractivity (Wildman–Crippen MR) is 74.9 cm³/mol. The van der Waals surface area contributed by atoms with E-state index in [1.807, 2.05) is 0 Å². The van der Waals surface area contributed by atoms with Gasteiger partial charge in [-0.25, -0.2) is 0 Å². The summed E-state index contributed by atoms with van der Waals surface area (Å²) in [6.07, 6.45) is 7.34. The second-order valence-corrected chi connectivity index (χ2v) is 5.17. The maximum atomic E-state index is 8.79. The van der Waals surface area contributed by atoms with Gasteiger partial charge in [-0.1, -0.05) is 6.42 Å². The van der Waals surface area contributed by atoms with E-state index >= 15 is 0 Å². The fourth-order valence-electron chi connectivity index (χ4n) is 2.63. The molecule has 0 aromatic rings. The van der Waals surface area contributed by atoms with Crippen molar-refractivity contribution >= 4 is 0 Å². The summed E-state index contributed by atoms with van der Waals surface area (Å²) in [5.41, 5.74) is 0. The van der Waals surface area contributed by atoms with Crippen LogP contribution in [0.2, 0.25) is 0 Å². The van der Waals surface area contributed by atoms with E-state index in [0.29, 0.717) is 12.6 Å². The van der Waals surface area contributed by atoms with Crippen LogP contribution in [0.3, 0.4) is 0 Å². The number of nitrogens with one attached hydrogen (secondary N) is 1. The third kappa shape index (κ3) is 6.69. The fraction of sp³-hybridized carbons (Fsp3) is 1.00. The normalized spacial score (nSPS) is 21.3. The lowest BCUT2D eigenvalue weighted by molar-refractivity contribution is 0.137. The Bertz CT molecular complexity index is 171. The molecule has 0 aliphatic carbocycles. The molecule has 1 fully saturated rings. The molecular weight excluding hydrogens is 228 g/mol. The Hall–Kier alpha value is -0.160. The summed E-state index contributed by atoms with van der Waals surface area (Å²) in [5.74, 6) is 0. The Labute approximate surface area is 112 Å². The van der Waals surface area contributed by atoms with Gasteiger partial charge in [0.1, 0.15) is 0 Å². The van der Waals surface area contributed by atoms with Crippen molar-refractivity contribution in [2.75, 3.05) is 46.5 Å². The quantitative estimate of drug-likeness (QED) is 0.579. The third-order valence-corrected chi connectivity index (χ3v) is 3.72. The maximum Gasteiger partial charge on any atom is 0.0587 e. The van der Waals surface area contributed by atoms with Crippen LogP contribution >= 0.6 is 0 Å². The lowest BCUT2D eigenvalue weighted by atomic mass is 10.0. The van der Waals surface area contributed by atoms with Crippen LogP contribution in [0.4, 0.5) is 0 Å². The van der Waals surface area contributed by atoms with E-state index in [-0.39, 0.29) is 0 Å². The predicted octanol–water partition coefficient (Wildman–Crippen LogP) is 1.24. The molecule has 1 saturated heterocycles. The van der Waals surface area contributed by atoms with E-state index in [4.69, 9.17) is 9.84 Å². The number of rotatable bonds is 10. The maximum absolute atomic E-state index is 8.79. The summed E-state index contributed by atoms with van der Waals surface area (Å²) in [7, 11) is 1.75. The molecule has 1 aliphatic rings. The second-order valence-electron chi connectivity index (χ2n) is 5.17. The third-order valence-electron chi connectivity index (χ3n) is 3.72. The molecule has 0 saturated carbocycles. The molecule has 0 bridgehead atoms. The molecule has 18 heavy (non-hydrogen) atoms. The van der Waals surface area contributed by atoms with Crippen LogP contribution in [0.5, 0.6) is 0 Å². The number of hydrogen-bond acceptors (Lipinski definition) is 4. The number of nitrogens with zero attached hydrogens (tertiary/aromatic N) is 1. The van der Waals surface area contributed by atoms with Crippen LogP contribution < -0.4 is 5.32 Å². The Morgan fingerprint density at radius 3 is 2.94 bits per heavy atom. The number of aliphatic hydroxyl groups is 1. The Balaban J connectivity index is 2.15. The number of methoxy groups -OCH3 is 1. The van der Waals surface area contributed by atoms with E-state index in [1.54, 1.807) is 7.11 Å². The van der Waals surface area contributed by atoms with Crippen molar-refractivity contribution in [2.24, 2.45) is 0 Å². The van der Waals surface area contributed by atoms with Crippen molar-refractivity contribution in [1.29, 1.82) is 0 Å². The first-order valence-corrected chi connectivity index (χ1v) is 7.43. The summed E-state index contributed by atoms with van der Waals surface area (Å²) >= 11 is 0. The minimum Gasteiger partial charge on any atom is -0.396 e. The highest BCUT2D eigenvalue weighted by atomic mass is 16.5. The molecule has 0 spiro atoms. The first-order valence-electron chi connectivity index (χ1n) is 7.43. The highest BCUT2D eigenvalue weighted by molar-refractivity contribution is 4.78. The van der Waals surface area contributed by atoms with E-state index in [2.05, 4.69) is 10.2 Å². The first kappa shape index (κ1) is 15.9. The molecule has 0 aromatic carbocycles. The lowest BCUT2D eigenvalue weighted by Gasteiger charge is -2.36. The van der Waals surface area contributed by atoms with Crippen LogP contribution in [-0.2, 0) is 4.74 Å². The van der Waals surface area contributed by atoms with Crippen LogP contribution in [0, 0.1) is 0 Å². The zero-order valence-electron chi connectivity index (χ0n) is 11.9. The smallest absolute Gasteiger partial charge is 0.0587 e. The summed E-state index contributed by atoms with van der Waals surface area (Å²) < 4.78 is 5.05. The molecule has 1 rings (SSSR count). The summed E-state index contributed by atoms with van der Waals surface area (Å²) in [4.78, 5) is 2.63. The Kier molecular flexibility index (Phi) is 9.48. The number of ether oxygens (including phenoxy) is 1. The van der Waals surface area contributed by atoms with Crippen LogP contribution in [-0.4, -0.2) is 62.6 Å². The average Bonchev–Trinajstić information content (AvgIpc) is 2.41. The fourth-order valence-corrected chi connectivity index (χ4v) is 2.63. The average molecular weight is 258 g/mol. The number of hydrogen-bond donors (Lipinski definition) is 2. The highest BCUT2D eigenvalue weighted by Gasteiger charge is 2.21. The SMILES string of the molecule is COCCNCC1CCCCN1CCCCCO. The van der Waals surface area contributed by atoms with Gasteiger partial charge < -0.3 is 15.2 Å². The van der Waals surface area contributed by atoms with Crippen LogP contribution in [0.15, 0.2) is 0 Å². The van der Waals surface area contributed by atoms with Crippen molar-refractivity contribution in [3.63, 3.8) is 0 Å². The molecule has 108 valence electrons. The van der Waals surface area contributed by atoms with Gasteiger partial charge in [0.2, 0.25) is 0 Å². The van der Waals surface area contributed by atoms with Gasteiger partial charge in [0.15, 0.2) is 0 Å². The Morgan fingerprint density at radius 1 is 1.28 bits per heavy atom. The minimum absolute atomic E-state index is 0.335. The summed E-state index contributed by atoms with van der Waals surface area (Å²) in [6, 6.07) is 0.699. The molecule has 1 heterocycles. The van der Waals surface area contributed by atoms with Gasteiger partial charge in [-0.15, -0.1) is 0 Å². The van der Waals surface area contributed by atoms with Gasteiger partial charge in [0, 0.05) is 32.8 Å². The van der Waals surface area contributed by atoms with Crippen molar-refractivity contribution in [3.05, 3.63) is 0 Å². The number of piperidine rings is 1. The Morgan fingerprint density at radius 2 is 2.17 bits per heavy atom. The van der Waals surface area contributed by atoms with E-state index in [1.165, 1.54) is 38.8 Å². The molecular formula is C14H30N2O2. The van der Waals surface area contributed by atoms with Gasteiger partial charge in [-0.05, 0) is 45.2 Å². The molecule has 4 heteroatoms. The number of unbranched alkanes of at least 4 members (excludes halogenated alkanes) is 2. The van der Waals surface area contributed by atoms with Gasteiger partial charge >= 0.3 is 0 Å². The van der Waals surface area contributed by atoms with E-state index < -0.39 is 0 Å². The van der Waals surface area contributed by atoms with Crippen LogP contribution in [0.1, 0.15) is 38.5 Å². The molecule has 1 atom stereocenters. The van der Waals surface area contributed by atoms with Crippen molar-refractivity contribution < 1.29 is 9.84 Å².